The van der Waals surface area contributed by atoms with Gasteiger partial charge in [0.15, 0.2) is 0 Å². The number of fused-ring (bicyclic) bond motifs is 2. The molecule has 0 aliphatic rings. The molecule has 0 fully saturated rings. The lowest BCUT2D eigenvalue weighted by Gasteiger charge is -2.38. The summed E-state index contributed by atoms with van der Waals surface area (Å²) in [6.45, 7) is 33.8. The Morgan fingerprint density at radius 1 is 0.417 bits per heavy atom. The number of hydrogen-bond donors (Lipinski definition) is 0. The molecule has 0 bridgehead atoms. The van der Waals surface area contributed by atoms with E-state index < -0.39 is 16.1 Å². The number of rotatable bonds is 18. The number of benzene rings is 3. The van der Waals surface area contributed by atoms with Crippen LogP contribution >= 0.6 is 22.7 Å². The van der Waals surface area contributed by atoms with Crippen LogP contribution in [-0.2, 0) is 12.8 Å². The van der Waals surface area contributed by atoms with Gasteiger partial charge < -0.3 is 0 Å². The van der Waals surface area contributed by atoms with Gasteiger partial charge in [0.05, 0.1) is 0 Å². The molecule has 0 spiro atoms. The first kappa shape index (κ1) is 48.2. The first-order valence-electron chi connectivity index (χ1n) is 23.9. The van der Waals surface area contributed by atoms with Gasteiger partial charge in [0.1, 0.15) is 16.1 Å². The van der Waals surface area contributed by atoms with Crippen molar-refractivity contribution in [3.63, 3.8) is 0 Å². The maximum absolute atomic E-state index is 4.19. The molecule has 0 nitrogen and oxygen atoms in total. The second-order valence-electron chi connectivity index (χ2n) is 19.7. The number of unbranched alkanes of at least 4 members (excludes halogenated alkanes) is 6. The largest absolute Gasteiger partial charge is 0.146 e. The Kier molecular flexibility index (Phi) is 17.2. The molecule has 4 heteroatoms. The Hall–Kier alpha value is -2.87. The Morgan fingerprint density at radius 3 is 1.08 bits per heavy atom. The maximum Gasteiger partial charge on any atom is 0.146 e. The molecular formula is C56H78S2Si2. The summed E-state index contributed by atoms with van der Waals surface area (Å²) in [5.41, 5.74) is 16.7. The predicted octanol–water partition coefficient (Wildman–Crippen LogP) is 18.8. The predicted molar refractivity (Wildman–Crippen MR) is 280 cm³/mol. The van der Waals surface area contributed by atoms with E-state index in [1.54, 1.807) is 0 Å². The fraction of sp³-hybridized carbons (Fsp3) is 0.536. The van der Waals surface area contributed by atoms with Crippen LogP contribution in [0.25, 0.3) is 42.4 Å². The van der Waals surface area contributed by atoms with Crippen LogP contribution in [0.3, 0.4) is 0 Å². The minimum Gasteiger partial charge on any atom is -0.140 e. The van der Waals surface area contributed by atoms with Crippen molar-refractivity contribution in [2.45, 2.75) is 194 Å². The van der Waals surface area contributed by atoms with Gasteiger partial charge in [-0.05, 0) is 128 Å². The van der Waals surface area contributed by atoms with Gasteiger partial charge in [-0.25, -0.2) is 0 Å². The Bertz CT molecular complexity index is 2100. The first-order chi connectivity index (χ1) is 28.6. The third-order valence-electron chi connectivity index (χ3n) is 14.1. The molecule has 0 unspecified atom stereocenters. The maximum atomic E-state index is 4.19. The van der Waals surface area contributed by atoms with E-state index in [4.69, 9.17) is 0 Å². The van der Waals surface area contributed by atoms with E-state index in [1.807, 2.05) is 22.7 Å². The molecule has 2 heterocycles. The topological polar surface area (TPSA) is 0 Å². The zero-order valence-electron chi connectivity index (χ0n) is 40.1. The van der Waals surface area contributed by atoms with E-state index in [0.29, 0.717) is 33.2 Å². The van der Waals surface area contributed by atoms with E-state index >= 15 is 0 Å². The normalized spacial score (nSPS) is 12.5. The Balaban J connectivity index is 1.85. The molecule has 0 saturated carbocycles. The van der Waals surface area contributed by atoms with Crippen molar-refractivity contribution >= 4 is 60.4 Å². The molecule has 0 radical (unpaired) electrons. The van der Waals surface area contributed by atoms with Gasteiger partial charge in [-0.2, -0.15) is 0 Å². The molecule has 0 N–H and O–H groups in total. The van der Waals surface area contributed by atoms with Crippen molar-refractivity contribution in [2.75, 3.05) is 0 Å². The van der Waals surface area contributed by atoms with Crippen LogP contribution in [0.2, 0.25) is 33.2 Å². The van der Waals surface area contributed by atoms with Crippen LogP contribution in [0, 0.1) is 22.9 Å². The molecule has 5 rings (SSSR count). The van der Waals surface area contributed by atoms with Crippen LogP contribution < -0.4 is 0 Å². The number of thiophene rings is 2. The first-order valence-corrected chi connectivity index (χ1v) is 30.0. The molecule has 0 aliphatic carbocycles. The van der Waals surface area contributed by atoms with Crippen molar-refractivity contribution in [3.05, 3.63) is 81.5 Å². The highest BCUT2D eigenvalue weighted by molar-refractivity contribution is 7.15. The van der Waals surface area contributed by atoms with Gasteiger partial charge in [0.25, 0.3) is 0 Å². The third-order valence-corrected chi connectivity index (χ3v) is 29.1. The zero-order valence-corrected chi connectivity index (χ0v) is 43.8. The summed E-state index contributed by atoms with van der Waals surface area (Å²) in [5, 5.41) is 5.03. The van der Waals surface area contributed by atoms with Crippen molar-refractivity contribution in [1.82, 2.24) is 0 Å². The van der Waals surface area contributed by atoms with Crippen LogP contribution in [-0.4, -0.2) is 16.1 Å². The molecular weight excluding hydrogens is 793 g/mol. The molecule has 5 aromatic rings. The van der Waals surface area contributed by atoms with Gasteiger partial charge in [-0.1, -0.05) is 172 Å². The fourth-order valence-electron chi connectivity index (χ4n) is 10.8. The minimum absolute atomic E-state index is 0.563. The summed E-state index contributed by atoms with van der Waals surface area (Å²) in [6.07, 6.45) is 12.7. The number of aryl methyl sites for hydroxylation is 2. The van der Waals surface area contributed by atoms with Crippen molar-refractivity contribution in [3.8, 4) is 43.8 Å². The Morgan fingerprint density at radius 2 is 0.767 bits per heavy atom. The van der Waals surface area contributed by atoms with Crippen molar-refractivity contribution < 1.29 is 0 Å². The van der Waals surface area contributed by atoms with Crippen LogP contribution in [0.15, 0.2) is 60.7 Å². The molecule has 0 aliphatic heterocycles. The van der Waals surface area contributed by atoms with E-state index in [9.17, 15) is 0 Å². The summed E-state index contributed by atoms with van der Waals surface area (Å²) in [7, 11) is -4.05. The smallest absolute Gasteiger partial charge is 0.140 e. The highest BCUT2D eigenvalue weighted by atomic mass is 32.1. The molecule has 0 amide bonds. The van der Waals surface area contributed by atoms with Gasteiger partial charge in [0.2, 0.25) is 0 Å². The van der Waals surface area contributed by atoms with Gasteiger partial charge in [-0.3, -0.25) is 0 Å². The Labute approximate surface area is 377 Å². The van der Waals surface area contributed by atoms with E-state index in [-0.39, 0.29) is 0 Å². The second-order valence-corrected chi connectivity index (χ2v) is 33.2. The van der Waals surface area contributed by atoms with E-state index in [2.05, 4.69) is 181 Å². The summed E-state index contributed by atoms with van der Waals surface area (Å²) in [5.74, 6) is 8.14. The van der Waals surface area contributed by atoms with Gasteiger partial charge in [-0.15, -0.1) is 33.8 Å². The molecule has 0 atom stereocenters. The summed E-state index contributed by atoms with van der Waals surface area (Å²) >= 11 is 3.95. The molecule has 2 aromatic heterocycles. The summed E-state index contributed by atoms with van der Waals surface area (Å²) in [4.78, 5) is 5.70. The van der Waals surface area contributed by atoms with Crippen LogP contribution in [0.1, 0.15) is 169 Å². The minimum atomic E-state index is -2.03. The van der Waals surface area contributed by atoms with Crippen LogP contribution in [0.4, 0.5) is 0 Å². The summed E-state index contributed by atoms with van der Waals surface area (Å²) < 4.78 is 0. The van der Waals surface area contributed by atoms with E-state index in [0.717, 1.165) is 0 Å². The number of hydrogen-bond acceptors (Lipinski definition) is 2. The molecule has 3 aromatic carbocycles. The monoisotopic (exact) mass is 871 g/mol. The highest BCUT2D eigenvalue weighted by Gasteiger charge is 2.43. The highest BCUT2D eigenvalue weighted by Crippen LogP contribution is 2.44. The quantitative estimate of drug-likeness (QED) is 0.0356. The average molecular weight is 872 g/mol. The van der Waals surface area contributed by atoms with Crippen molar-refractivity contribution in [1.29, 1.82) is 0 Å². The van der Waals surface area contributed by atoms with Crippen LogP contribution in [0.5, 0.6) is 0 Å². The lowest BCUT2D eigenvalue weighted by Crippen LogP contribution is -2.43. The van der Waals surface area contributed by atoms with E-state index in [1.165, 1.54) is 128 Å². The lowest BCUT2D eigenvalue weighted by molar-refractivity contribution is 0.670. The standard InChI is InChI=1S/C56H78S2Si2/c1-15-17-19-21-23-47-27-31-55(57-47)45-25-29-49-52(34-36-60(42(9)10,43(11)12)44(13)14)54-38-46(56-32-28-48(58-56)24-22-20-18-16-2)26-30-50(54)51(53(49)37-45)33-35-59(39(3)4,40(5)6)41(7)8/h25-32,37-44H,15-24H2,1-14H3. The van der Waals surface area contributed by atoms with Crippen molar-refractivity contribution in [2.24, 2.45) is 0 Å². The fourth-order valence-corrected chi connectivity index (χ4v) is 23.3. The second kappa shape index (κ2) is 21.5. The SMILES string of the molecule is CCCCCCc1ccc(-c2ccc3c(C#C[Si](C(C)C)(C(C)C)C(C)C)c4cc(-c5ccc(CCCCCC)s5)ccc4c(C#C[Si](C(C)C)(C(C)C)C(C)C)c3c2)s1. The molecule has 322 valence electrons. The summed E-state index contributed by atoms with van der Waals surface area (Å²) in [6, 6.07) is 24.0. The van der Waals surface area contributed by atoms with Gasteiger partial charge >= 0.3 is 0 Å². The molecule has 0 saturated heterocycles. The van der Waals surface area contributed by atoms with Gasteiger partial charge in [0, 0.05) is 30.6 Å². The lowest BCUT2D eigenvalue weighted by atomic mass is 9.90. The zero-order chi connectivity index (χ0) is 43.8. The average Bonchev–Trinajstić information content (AvgIpc) is 3.88. The third kappa shape index (κ3) is 10.3. The molecule has 60 heavy (non-hydrogen) atoms.